The Bertz CT molecular complexity index is 581. The van der Waals surface area contributed by atoms with Crippen molar-refractivity contribution in [3.05, 3.63) is 23.7 Å². The van der Waals surface area contributed by atoms with E-state index in [9.17, 15) is 0 Å². The average Bonchev–Trinajstić information content (AvgIpc) is 2.83. The molecule has 0 amide bonds. The number of nitrogens with zero attached hydrogens (tertiary/aromatic N) is 4. The van der Waals surface area contributed by atoms with Crippen molar-refractivity contribution in [2.24, 2.45) is 5.92 Å². The summed E-state index contributed by atoms with van der Waals surface area (Å²) < 4.78 is 1.91. The number of hydrogen-bond acceptors (Lipinski definition) is 4. The minimum absolute atomic E-state index is 0.0202. The summed E-state index contributed by atoms with van der Waals surface area (Å²) in [5.41, 5.74) is 1.80. The van der Waals surface area contributed by atoms with Crippen LogP contribution in [0.15, 0.2) is 12.1 Å². The number of aryl methyl sites for hydroxylation is 1. The Labute approximate surface area is 113 Å². The van der Waals surface area contributed by atoms with Crippen LogP contribution in [0.4, 0.5) is 0 Å². The van der Waals surface area contributed by atoms with Crippen LogP contribution in [0.5, 0.6) is 0 Å². The third kappa shape index (κ3) is 2.12. The van der Waals surface area contributed by atoms with Crippen molar-refractivity contribution in [3.8, 4) is 0 Å². The summed E-state index contributed by atoms with van der Waals surface area (Å²) >= 11 is 0. The molecule has 5 nitrogen and oxygen atoms in total. The van der Waals surface area contributed by atoms with Gasteiger partial charge in [-0.15, -0.1) is 10.2 Å². The standard InChI is InChI=1S/C14H21N5/c1-10-6-7-12-16-17-13(19(12)18-10)14(2,3)11-5-4-8-15-9-11/h6-7,11,15H,4-5,8-9H2,1-3H3. The van der Waals surface area contributed by atoms with E-state index in [1.165, 1.54) is 12.8 Å². The van der Waals surface area contributed by atoms with E-state index in [4.69, 9.17) is 0 Å². The summed E-state index contributed by atoms with van der Waals surface area (Å²) in [6, 6.07) is 3.96. The molecule has 1 saturated heterocycles. The summed E-state index contributed by atoms with van der Waals surface area (Å²) in [4.78, 5) is 0. The predicted molar refractivity (Wildman–Crippen MR) is 74.1 cm³/mol. The van der Waals surface area contributed by atoms with Crippen molar-refractivity contribution < 1.29 is 0 Å². The highest BCUT2D eigenvalue weighted by Gasteiger charge is 2.36. The highest BCUT2D eigenvalue weighted by molar-refractivity contribution is 5.37. The van der Waals surface area contributed by atoms with Crippen molar-refractivity contribution in [1.82, 2.24) is 25.1 Å². The first-order valence-corrected chi connectivity index (χ1v) is 6.99. The van der Waals surface area contributed by atoms with Crippen LogP contribution in [0, 0.1) is 12.8 Å². The molecule has 0 aromatic carbocycles. The second-order valence-electron chi connectivity index (χ2n) is 6.03. The fourth-order valence-electron chi connectivity index (χ4n) is 2.93. The van der Waals surface area contributed by atoms with Gasteiger partial charge < -0.3 is 5.32 Å². The Balaban J connectivity index is 2.04. The lowest BCUT2D eigenvalue weighted by Gasteiger charge is -2.35. The second-order valence-corrected chi connectivity index (χ2v) is 6.03. The van der Waals surface area contributed by atoms with Crippen LogP contribution in [-0.2, 0) is 5.41 Å². The van der Waals surface area contributed by atoms with Gasteiger partial charge in [0.25, 0.3) is 0 Å². The fourth-order valence-corrected chi connectivity index (χ4v) is 2.93. The quantitative estimate of drug-likeness (QED) is 0.892. The van der Waals surface area contributed by atoms with Gasteiger partial charge in [0.1, 0.15) is 0 Å². The van der Waals surface area contributed by atoms with Crippen LogP contribution in [0.1, 0.15) is 38.2 Å². The zero-order valence-electron chi connectivity index (χ0n) is 11.8. The fraction of sp³-hybridized carbons (Fsp3) is 0.643. The molecule has 1 unspecified atom stereocenters. The predicted octanol–water partition coefficient (Wildman–Crippen LogP) is 1.71. The van der Waals surface area contributed by atoms with Gasteiger partial charge in [-0.05, 0) is 50.9 Å². The van der Waals surface area contributed by atoms with E-state index in [0.717, 1.165) is 30.3 Å². The zero-order chi connectivity index (χ0) is 13.5. The number of hydrogen-bond donors (Lipinski definition) is 1. The Morgan fingerprint density at radius 2 is 2.16 bits per heavy atom. The van der Waals surface area contributed by atoms with Crippen LogP contribution in [0.2, 0.25) is 0 Å². The van der Waals surface area contributed by atoms with Gasteiger partial charge in [-0.1, -0.05) is 13.8 Å². The maximum Gasteiger partial charge on any atom is 0.177 e. The SMILES string of the molecule is Cc1ccc2nnc(C(C)(C)C3CCCNC3)n2n1. The molecule has 0 radical (unpaired) electrons. The molecule has 102 valence electrons. The molecule has 3 rings (SSSR count). The Morgan fingerprint density at radius 1 is 1.32 bits per heavy atom. The monoisotopic (exact) mass is 259 g/mol. The Morgan fingerprint density at radius 3 is 2.89 bits per heavy atom. The molecule has 1 aliphatic rings. The minimum atomic E-state index is -0.0202. The highest BCUT2D eigenvalue weighted by atomic mass is 15.4. The first-order chi connectivity index (χ1) is 9.09. The molecule has 0 saturated carbocycles. The molecular formula is C14H21N5. The van der Waals surface area contributed by atoms with E-state index in [1.807, 2.05) is 23.6 Å². The first-order valence-electron chi connectivity index (χ1n) is 6.99. The van der Waals surface area contributed by atoms with Gasteiger partial charge in [0, 0.05) is 5.41 Å². The highest BCUT2D eigenvalue weighted by Crippen LogP contribution is 2.34. The molecule has 1 fully saturated rings. The molecular weight excluding hydrogens is 238 g/mol. The van der Waals surface area contributed by atoms with Crippen LogP contribution in [0.3, 0.4) is 0 Å². The topological polar surface area (TPSA) is 55.1 Å². The molecule has 2 aromatic rings. The maximum absolute atomic E-state index is 4.57. The number of fused-ring (bicyclic) bond motifs is 1. The van der Waals surface area contributed by atoms with Crippen molar-refractivity contribution >= 4 is 5.65 Å². The van der Waals surface area contributed by atoms with E-state index in [0.29, 0.717) is 5.92 Å². The normalized spacial score (nSPS) is 20.9. The van der Waals surface area contributed by atoms with Crippen LogP contribution in [0.25, 0.3) is 5.65 Å². The van der Waals surface area contributed by atoms with Gasteiger partial charge in [-0.2, -0.15) is 9.61 Å². The molecule has 1 atom stereocenters. The smallest absolute Gasteiger partial charge is 0.177 e. The number of nitrogens with one attached hydrogen (secondary N) is 1. The van der Waals surface area contributed by atoms with E-state index in [1.54, 1.807) is 0 Å². The molecule has 5 heteroatoms. The number of aromatic nitrogens is 4. The maximum atomic E-state index is 4.57. The van der Waals surface area contributed by atoms with Gasteiger partial charge in [-0.3, -0.25) is 0 Å². The molecule has 1 aliphatic heterocycles. The molecule has 19 heavy (non-hydrogen) atoms. The van der Waals surface area contributed by atoms with Crippen LogP contribution in [-0.4, -0.2) is 32.9 Å². The number of piperidine rings is 1. The largest absolute Gasteiger partial charge is 0.316 e. The summed E-state index contributed by atoms with van der Waals surface area (Å²) in [7, 11) is 0. The van der Waals surface area contributed by atoms with Gasteiger partial charge in [0.2, 0.25) is 0 Å². The lowest BCUT2D eigenvalue weighted by molar-refractivity contribution is 0.238. The zero-order valence-corrected chi connectivity index (χ0v) is 11.8. The van der Waals surface area contributed by atoms with Crippen molar-refractivity contribution in [2.75, 3.05) is 13.1 Å². The Kier molecular flexibility index (Phi) is 3.01. The Hall–Kier alpha value is -1.49. The summed E-state index contributed by atoms with van der Waals surface area (Å²) in [5, 5.41) is 16.7. The van der Waals surface area contributed by atoms with Crippen molar-refractivity contribution in [2.45, 2.75) is 39.0 Å². The van der Waals surface area contributed by atoms with Crippen molar-refractivity contribution in [3.63, 3.8) is 0 Å². The molecule has 0 spiro atoms. The van der Waals surface area contributed by atoms with Gasteiger partial charge >= 0.3 is 0 Å². The van der Waals surface area contributed by atoms with Gasteiger partial charge in [0.15, 0.2) is 11.5 Å². The van der Waals surface area contributed by atoms with E-state index >= 15 is 0 Å². The molecule has 0 bridgehead atoms. The third-order valence-electron chi connectivity index (χ3n) is 4.29. The summed E-state index contributed by atoms with van der Waals surface area (Å²) in [6.07, 6.45) is 2.47. The molecule has 3 heterocycles. The second kappa shape index (κ2) is 4.56. The van der Waals surface area contributed by atoms with Crippen LogP contribution < -0.4 is 5.32 Å². The van der Waals surface area contributed by atoms with Crippen molar-refractivity contribution in [1.29, 1.82) is 0 Å². The molecule has 2 aromatic heterocycles. The minimum Gasteiger partial charge on any atom is -0.316 e. The molecule has 1 N–H and O–H groups in total. The molecule has 0 aliphatic carbocycles. The van der Waals surface area contributed by atoms with E-state index in [-0.39, 0.29) is 5.41 Å². The van der Waals surface area contributed by atoms with Crippen LogP contribution >= 0.6 is 0 Å². The lowest BCUT2D eigenvalue weighted by Crippen LogP contribution is -2.41. The summed E-state index contributed by atoms with van der Waals surface area (Å²) in [6.45, 7) is 8.69. The third-order valence-corrected chi connectivity index (χ3v) is 4.29. The van der Waals surface area contributed by atoms with E-state index < -0.39 is 0 Å². The summed E-state index contributed by atoms with van der Waals surface area (Å²) in [5.74, 6) is 1.55. The first kappa shape index (κ1) is 12.5. The lowest BCUT2D eigenvalue weighted by atomic mass is 9.74. The van der Waals surface area contributed by atoms with Gasteiger partial charge in [0.05, 0.1) is 5.69 Å². The average molecular weight is 259 g/mol. The van der Waals surface area contributed by atoms with E-state index in [2.05, 4.69) is 34.5 Å². The number of rotatable bonds is 2. The van der Waals surface area contributed by atoms with Gasteiger partial charge in [-0.25, -0.2) is 0 Å².